The van der Waals surface area contributed by atoms with Gasteiger partial charge in [0.2, 0.25) is 0 Å². The molecule has 0 bridgehead atoms. The largest absolute Gasteiger partial charge is 0.496 e. The van der Waals surface area contributed by atoms with Gasteiger partial charge in [0.15, 0.2) is 5.78 Å². The number of ether oxygens (including phenoxy) is 1. The van der Waals surface area contributed by atoms with E-state index in [4.69, 9.17) is 4.74 Å². The van der Waals surface area contributed by atoms with Crippen LogP contribution in [0.5, 0.6) is 5.75 Å². The summed E-state index contributed by atoms with van der Waals surface area (Å²) in [5.41, 5.74) is 3.34. The molecular formula is C16H16BrNO2. The standard InChI is InChI=1S/C16H16BrNO2/c1-10-6-11(2)16(18-9-10)14(19)8-12-7-13(17)4-5-15(12)20-3/h4-7,9H,8H2,1-3H3. The molecule has 1 aromatic carbocycles. The highest BCUT2D eigenvalue weighted by Crippen LogP contribution is 2.24. The number of hydrogen-bond donors (Lipinski definition) is 0. The van der Waals surface area contributed by atoms with Crippen molar-refractivity contribution in [3.05, 3.63) is 57.3 Å². The number of aryl methyl sites for hydroxylation is 2. The van der Waals surface area contributed by atoms with E-state index in [2.05, 4.69) is 20.9 Å². The molecule has 0 saturated heterocycles. The van der Waals surface area contributed by atoms with Crippen molar-refractivity contribution < 1.29 is 9.53 Å². The molecule has 2 rings (SSSR count). The summed E-state index contributed by atoms with van der Waals surface area (Å²) in [4.78, 5) is 16.6. The Labute approximate surface area is 127 Å². The summed E-state index contributed by atoms with van der Waals surface area (Å²) < 4.78 is 6.22. The van der Waals surface area contributed by atoms with Crippen molar-refractivity contribution in [3.8, 4) is 5.75 Å². The number of methoxy groups -OCH3 is 1. The molecule has 2 aromatic rings. The van der Waals surface area contributed by atoms with Gasteiger partial charge in [-0.2, -0.15) is 0 Å². The van der Waals surface area contributed by atoms with Crippen molar-refractivity contribution in [1.82, 2.24) is 4.98 Å². The molecule has 1 aromatic heterocycles. The lowest BCUT2D eigenvalue weighted by Crippen LogP contribution is -2.09. The third-order valence-electron chi connectivity index (χ3n) is 3.07. The Morgan fingerprint density at radius 3 is 2.70 bits per heavy atom. The molecule has 0 spiro atoms. The van der Waals surface area contributed by atoms with Crippen LogP contribution >= 0.6 is 15.9 Å². The van der Waals surface area contributed by atoms with E-state index in [1.807, 2.05) is 38.1 Å². The molecule has 20 heavy (non-hydrogen) atoms. The molecular weight excluding hydrogens is 318 g/mol. The van der Waals surface area contributed by atoms with Gasteiger partial charge in [0, 0.05) is 22.7 Å². The number of rotatable bonds is 4. The Balaban J connectivity index is 2.30. The van der Waals surface area contributed by atoms with Gasteiger partial charge >= 0.3 is 0 Å². The molecule has 0 atom stereocenters. The van der Waals surface area contributed by atoms with Gasteiger partial charge in [-0.15, -0.1) is 0 Å². The number of aromatic nitrogens is 1. The quantitative estimate of drug-likeness (QED) is 0.796. The Kier molecular flexibility index (Phi) is 4.55. The molecule has 0 aliphatic heterocycles. The van der Waals surface area contributed by atoms with Gasteiger partial charge in [0.25, 0.3) is 0 Å². The van der Waals surface area contributed by atoms with Crippen LogP contribution in [0.4, 0.5) is 0 Å². The number of ketones is 1. The third kappa shape index (κ3) is 3.25. The first-order valence-corrected chi connectivity index (χ1v) is 7.09. The smallest absolute Gasteiger partial charge is 0.185 e. The summed E-state index contributed by atoms with van der Waals surface area (Å²) in [7, 11) is 1.60. The normalized spacial score (nSPS) is 10.4. The third-order valence-corrected chi connectivity index (χ3v) is 3.57. The van der Waals surface area contributed by atoms with Crippen LogP contribution in [0.3, 0.4) is 0 Å². The number of carbonyl (C=O) groups is 1. The van der Waals surface area contributed by atoms with E-state index >= 15 is 0 Å². The van der Waals surface area contributed by atoms with Crippen LogP contribution in [0.15, 0.2) is 34.9 Å². The number of benzene rings is 1. The monoisotopic (exact) mass is 333 g/mol. The molecule has 0 amide bonds. The Morgan fingerprint density at radius 2 is 2.05 bits per heavy atom. The van der Waals surface area contributed by atoms with E-state index in [-0.39, 0.29) is 12.2 Å². The average molecular weight is 334 g/mol. The molecule has 104 valence electrons. The maximum absolute atomic E-state index is 12.4. The SMILES string of the molecule is COc1ccc(Br)cc1CC(=O)c1ncc(C)cc1C. The zero-order valence-electron chi connectivity index (χ0n) is 11.7. The lowest BCUT2D eigenvalue weighted by atomic mass is 10.0. The first-order valence-electron chi connectivity index (χ1n) is 6.30. The number of Topliss-reactive ketones (excluding diaryl/α,β-unsaturated/α-hetero) is 1. The highest BCUT2D eigenvalue weighted by Gasteiger charge is 2.14. The van der Waals surface area contributed by atoms with Crippen molar-refractivity contribution >= 4 is 21.7 Å². The molecule has 4 heteroatoms. The number of carbonyl (C=O) groups excluding carboxylic acids is 1. The zero-order chi connectivity index (χ0) is 14.7. The van der Waals surface area contributed by atoms with Crippen LogP contribution in [-0.2, 0) is 6.42 Å². The molecule has 0 fully saturated rings. The minimum absolute atomic E-state index is 0.00102. The highest BCUT2D eigenvalue weighted by molar-refractivity contribution is 9.10. The summed E-state index contributed by atoms with van der Waals surface area (Å²) >= 11 is 3.41. The fraction of sp³-hybridized carbons (Fsp3) is 0.250. The van der Waals surface area contributed by atoms with E-state index in [9.17, 15) is 4.79 Å². The summed E-state index contributed by atoms with van der Waals surface area (Å²) in [5, 5.41) is 0. The van der Waals surface area contributed by atoms with Gasteiger partial charge in [-0.05, 0) is 43.2 Å². The van der Waals surface area contributed by atoms with Crippen molar-refractivity contribution in [3.63, 3.8) is 0 Å². The molecule has 3 nitrogen and oxygen atoms in total. The number of hydrogen-bond acceptors (Lipinski definition) is 3. The van der Waals surface area contributed by atoms with Crippen LogP contribution < -0.4 is 4.74 Å². The van der Waals surface area contributed by atoms with E-state index in [0.717, 1.165) is 21.2 Å². The van der Waals surface area contributed by atoms with Crippen LogP contribution in [0, 0.1) is 13.8 Å². The molecule has 0 saturated carbocycles. The summed E-state index contributed by atoms with van der Waals surface area (Å²) in [6, 6.07) is 7.61. The molecule has 1 heterocycles. The lowest BCUT2D eigenvalue weighted by molar-refractivity contribution is 0.0986. The molecule has 0 aliphatic rings. The number of pyridine rings is 1. The highest BCUT2D eigenvalue weighted by atomic mass is 79.9. The topological polar surface area (TPSA) is 39.2 Å². The van der Waals surface area contributed by atoms with Gasteiger partial charge in [-0.1, -0.05) is 22.0 Å². The zero-order valence-corrected chi connectivity index (χ0v) is 13.3. The Hall–Kier alpha value is -1.68. The van der Waals surface area contributed by atoms with Crippen molar-refractivity contribution in [2.24, 2.45) is 0 Å². The summed E-state index contributed by atoms with van der Waals surface area (Å²) in [6.45, 7) is 3.87. The molecule has 0 unspecified atom stereocenters. The van der Waals surface area contributed by atoms with Crippen molar-refractivity contribution in [2.75, 3.05) is 7.11 Å². The van der Waals surface area contributed by atoms with E-state index < -0.39 is 0 Å². The van der Waals surface area contributed by atoms with E-state index in [1.165, 1.54) is 0 Å². The summed E-state index contributed by atoms with van der Waals surface area (Å²) in [6.07, 6.45) is 2.00. The lowest BCUT2D eigenvalue weighted by Gasteiger charge is -2.09. The fourth-order valence-electron chi connectivity index (χ4n) is 2.15. The predicted octanol–water partition coefficient (Wildman–Crippen LogP) is 3.89. The molecule has 0 N–H and O–H groups in total. The van der Waals surface area contributed by atoms with Crippen LogP contribution in [-0.4, -0.2) is 17.9 Å². The summed E-state index contributed by atoms with van der Waals surface area (Å²) in [5.74, 6) is 0.713. The fourth-order valence-corrected chi connectivity index (χ4v) is 2.56. The van der Waals surface area contributed by atoms with Crippen LogP contribution in [0.2, 0.25) is 0 Å². The second-order valence-corrected chi connectivity index (χ2v) is 5.65. The van der Waals surface area contributed by atoms with E-state index in [1.54, 1.807) is 13.3 Å². The van der Waals surface area contributed by atoms with Gasteiger partial charge in [-0.3, -0.25) is 9.78 Å². The first kappa shape index (κ1) is 14.7. The van der Waals surface area contributed by atoms with Gasteiger partial charge in [-0.25, -0.2) is 0 Å². The van der Waals surface area contributed by atoms with Gasteiger partial charge < -0.3 is 4.74 Å². The van der Waals surface area contributed by atoms with Crippen LogP contribution in [0.25, 0.3) is 0 Å². The first-order chi connectivity index (χ1) is 9.51. The second kappa shape index (κ2) is 6.18. The maximum Gasteiger partial charge on any atom is 0.185 e. The minimum atomic E-state index is -0.00102. The molecule has 0 radical (unpaired) electrons. The van der Waals surface area contributed by atoms with Crippen molar-refractivity contribution in [1.29, 1.82) is 0 Å². The van der Waals surface area contributed by atoms with Gasteiger partial charge in [0.05, 0.1) is 7.11 Å². The maximum atomic E-state index is 12.4. The van der Waals surface area contributed by atoms with Crippen molar-refractivity contribution in [2.45, 2.75) is 20.3 Å². The second-order valence-electron chi connectivity index (χ2n) is 4.73. The average Bonchev–Trinajstić information content (AvgIpc) is 2.38. The minimum Gasteiger partial charge on any atom is -0.496 e. The number of halogens is 1. The predicted molar refractivity (Wildman–Crippen MR) is 82.4 cm³/mol. The van der Waals surface area contributed by atoms with Gasteiger partial charge in [0.1, 0.15) is 11.4 Å². The Morgan fingerprint density at radius 1 is 1.30 bits per heavy atom. The Bertz CT molecular complexity index is 653. The molecule has 0 aliphatic carbocycles. The number of nitrogens with zero attached hydrogens (tertiary/aromatic N) is 1. The van der Waals surface area contributed by atoms with Crippen LogP contribution in [0.1, 0.15) is 27.2 Å². The van der Waals surface area contributed by atoms with E-state index in [0.29, 0.717) is 11.4 Å².